The Balaban J connectivity index is 1.62. The first-order chi connectivity index (χ1) is 16.3. The van der Waals surface area contributed by atoms with Gasteiger partial charge >= 0.3 is 5.66 Å². The molecule has 0 radical (unpaired) electrons. The molecule has 3 nitrogen and oxygen atoms in total. The first kappa shape index (κ1) is 17.3. The zero-order chi connectivity index (χ0) is 21.7. The van der Waals surface area contributed by atoms with E-state index in [1.807, 2.05) is 6.07 Å². The highest BCUT2D eigenvalue weighted by molar-refractivity contribution is 6.10. The molecule has 0 aliphatic carbocycles. The second kappa shape index (κ2) is 5.76. The normalized spacial score (nSPS) is 17.4. The molecule has 8 rings (SSSR count). The Bertz CT molecular complexity index is 1800. The number of nitrogens with zero attached hydrogens (tertiary/aromatic N) is 2. The molecule has 3 aromatic carbocycles. The molecule has 3 heteroatoms. The summed E-state index contributed by atoms with van der Waals surface area (Å²) in [4.78, 5) is 0. The Kier molecular flexibility index (Phi) is 3.02. The molecule has 0 saturated carbocycles. The summed E-state index contributed by atoms with van der Waals surface area (Å²) in [6.45, 7) is 2.17. The summed E-state index contributed by atoms with van der Waals surface area (Å²) in [5.41, 5.74) is 10.1. The van der Waals surface area contributed by atoms with Crippen LogP contribution in [0.3, 0.4) is 0 Å². The van der Waals surface area contributed by atoms with E-state index in [4.69, 9.17) is 4.42 Å². The zero-order valence-electron chi connectivity index (χ0n) is 18.1. The number of para-hydroxylation sites is 1. The van der Waals surface area contributed by atoms with E-state index in [2.05, 4.69) is 113 Å². The lowest BCUT2D eigenvalue weighted by Gasteiger charge is -2.17. The van der Waals surface area contributed by atoms with Crippen LogP contribution in [-0.2, 0) is 5.66 Å². The van der Waals surface area contributed by atoms with Crippen LogP contribution in [0.25, 0.3) is 44.5 Å². The van der Waals surface area contributed by atoms with Gasteiger partial charge in [0, 0.05) is 34.5 Å². The fourth-order valence-electron chi connectivity index (χ4n) is 6.15. The van der Waals surface area contributed by atoms with Crippen molar-refractivity contribution in [3.63, 3.8) is 0 Å². The van der Waals surface area contributed by atoms with Crippen LogP contribution < -0.4 is 9.13 Å². The summed E-state index contributed by atoms with van der Waals surface area (Å²) < 4.78 is 11.4. The Hall–Kier alpha value is -4.24. The van der Waals surface area contributed by atoms with E-state index in [1.54, 1.807) is 0 Å². The number of aromatic nitrogens is 2. The van der Waals surface area contributed by atoms with Crippen LogP contribution in [-0.4, -0.2) is 0 Å². The molecule has 0 fully saturated rings. The third kappa shape index (κ3) is 1.89. The Morgan fingerprint density at radius 2 is 1.52 bits per heavy atom. The lowest BCUT2D eigenvalue weighted by molar-refractivity contribution is -0.955. The van der Waals surface area contributed by atoms with Crippen molar-refractivity contribution in [3.05, 3.63) is 120 Å². The molecule has 3 aromatic heterocycles. The predicted molar refractivity (Wildman–Crippen MR) is 128 cm³/mol. The molecule has 1 spiro atoms. The lowest BCUT2D eigenvalue weighted by Crippen LogP contribution is -2.71. The van der Waals surface area contributed by atoms with Gasteiger partial charge in [0.15, 0.2) is 12.4 Å². The van der Waals surface area contributed by atoms with Gasteiger partial charge in [0.1, 0.15) is 27.9 Å². The van der Waals surface area contributed by atoms with Gasteiger partial charge in [0.25, 0.3) is 0 Å². The van der Waals surface area contributed by atoms with Gasteiger partial charge in [0.05, 0.1) is 5.56 Å². The Labute approximate surface area is 190 Å². The van der Waals surface area contributed by atoms with Crippen molar-refractivity contribution in [3.8, 4) is 22.5 Å². The summed E-state index contributed by atoms with van der Waals surface area (Å²) in [5, 5.41) is 2.33. The highest BCUT2D eigenvalue weighted by Crippen LogP contribution is 2.49. The minimum absolute atomic E-state index is 0.489. The predicted octanol–water partition coefficient (Wildman–Crippen LogP) is 5.73. The van der Waals surface area contributed by atoms with Crippen molar-refractivity contribution in [2.45, 2.75) is 12.6 Å². The van der Waals surface area contributed by atoms with Gasteiger partial charge in [-0.1, -0.05) is 30.3 Å². The molecular formula is C30H20N2O+2. The van der Waals surface area contributed by atoms with E-state index in [-0.39, 0.29) is 0 Å². The summed E-state index contributed by atoms with van der Waals surface area (Å²) in [5.74, 6) is 0. The number of benzene rings is 3. The summed E-state index contributed by atoms with van der Waals surface area (Å²) in [7, 11) is 0. The average molecular weight is 425 g/mol. The van der Waals surface area contributed by atoms with E-state index in [9.17, 15) is 0 Å². The van der Waals surface area contributed by atoms with E-state index < -0.39 is 5.66 Å². The molecule has 0 N–H and O–H groups in total. The van der Waals surface area contributed by atoms with Gasteiger partial charge in [-0.15, -0.1) is 9.13 Å². The van der Waals surface area contributed by atoms with Crippen LogP contribution >= 0.6 is 0 Å². The largest absolute Gasteiger partial charge is 0.455 e. The van der Waals surface area contributed by atoms with Crippen LogP contribution in [0.4, 0.5) is 0 Å². The third-order valence-electron chi connectivity index (χ3n) is 7.41. The number of fused-ring (bicyclic) bond motifs is 14. The molecule has 0 amide bonds. The minimum atomic E-state index is -0.489. The fourth-order valence-corrected chi connectivity index (χ4v) is 6.15. The molecule has 6 aromatic rings. The highest BCUT2D eigenvalue weighted by Gasteiger charge is 2.67. The van der Waals surface area contributed by atoms with Crippen LogP contribution in [0, 0.1) is 6.92 Å². The topological polar surface area (TPSA) is 20.9 Å². The van der Waals surface area contributed by atoms with Crippen LogP contribution in [0.2, 0.25) is 0 Å². The van der Waals surface area contributed by atoms with Crippen molar-refractivity contribution in [1.29, 1.82) is 0 Å². The second-order valence-electron chi connectivity index (χ2n) is 9.10. The van der Waals surface area contributed by atoms with Crippen molar-refractivity contribution in [2.75, 3.05) is 0 Å². The van der Waals surface area contributed by atoms with Gasteiger partial charge in [-0.05, 0) is 49.4 Å². The first-order valence-electron chi connectivity index (χ1n) is 11.4. The molecule has 2 aliphatic rings. The van der Waals surface area contributed by atoms with Crippen LogP contribution in [0.1, 0.15) is 16.7 Å². The molecule has 1 atom stereocenters. The summed E-state index contributed by atoms with van der Waals surface area (Å²) in [6.07, 6.45) is 4.50. The minimum Gasteiger partial charge on any atom is -0.455 e. The van der Waals surface area contributed by atoms with E-state index in [0.29, 0.717) is 0 Å². The monoisotopic (exact) mass is 424 g/mol. The molecule has 5 heterocycles. The lowest BCUT2D eigenvalue weighted by atomic mass is 9.89. The Morgan fingerprint density at radius 1 is 0.667 bits per heavy atom. The van der Waals surface area contributed by atoms with Crippen LogP contribution in [0.15, 0.2) is 108 Å². The van der Waals surface area contributed by atoms with Gasteiger partial charge < -0.3 is 4.42 Å². The maximum atomic E-state index is 6.53. The SMILES string of the molecule is Cc1ccc2[n+](c1)C1(c3ccccc3-2)c2ccc3c(oc4ccccc43)c2-c2cccc[n+]21. The number of furan rings is 1. The maximum Gasteiger partial charge on any atom is 0.417 e. The number of pyridine rings is 2. The highest BCUT2D eigenvalue weighted by atomic mass is 16.3. The fraction of sp³-hybridized carbons (Fsp3) is 0.0667. The van der Waals surface area contributed by atoms with E-state index in [0.717, 1.165) is 21.9 Å². The Morgan fingerprint density at radius 3 is 2.48 bits per heavy atom. The third-order valence-corrected chi connectivity index (χ3v) is 7.41. The number of hydrogen-bond donors (Lipinski definition) is 0. The average Bonchev–Trinajstić information content (AvgIpc) is 3.47. The molecule has 0 saturated heterocycles. The molecule has 0 bridgehead atoms. The molecular weight excluding hydrogens is 404 g/mol. The van der Waals surface area contributed by atoms with Crippen molar-refractivity contribution >= 4 is 21.9 Å². The quantitative estimate of drug-likeness (QED) is 0.285. The van der Waals surface area contributed by atoms with Crippen molar-refractivity contribution in [2.24, 2.45) is 0 Å². The number of rotatable bonds is 0. The smallest absolute Gasteiger partial charge is 0.417 e. The number of hydrogen-bond acceptors (Lipinski definition) is 1. The molecule has 2 aliphatic heterocycles. The maximum absolute atomic E-state index is 6.53. The first-order valence-corrected chi connectivity index (χ1v) is 11.4. The van der Waals surface area contributed by atoms with Gasteiger partial charge in [-0.3, -0.25) is 0 Å². The van der Waals surface area contributed by atoms with E-state index in [1.165, 1.54) is 39.2 Å². The van der Waals surface area contributed by atoms with Crippen molar-refractivity contribution < 1.29 is 13.6 Å². The van der Waals surface area contributed by atoms with E-state index >= 15 is 0 Å². The zero-order valence-corrected chi connectivity index (χ0v) is 18.1. The van der Waals surface area contributed by atoms with Crippen molar-refractivity contribution in [1.82, 2.24) is 0 Å². The molecule has 154 valence electrons. The van der Waals surface area contributed by atoms with Gasteiger partial charge in [-0.2, -0.15) is 0 Å². The molecule has 33 heavy (non-hydrogen) atoms. The number of aryl methyl sites for hydroxylation is 1. The van der Waals surface area contributed by atoms with Gasteiger partial charge in [0.2, 0.25) is 11.4 Å². The summed E-state index contributed by atoms with van der Waals surface area (Å²) in [6, 6.07) is 32.6. The molecule has 1 unspecified atom stereocenters. The summed E-state index contributed by atoms with van der Waals surface area (Å²) >= 11 is 0. The standard InChI is InChI=1S/C30H20N2O/c1-19-13-16-25-22-9-2-4-10-23(22)30(32(25)18-19)24-15-14-21-20-8-3-5-12-27(20)33-29(21)28(24)26-11-6-7-17-31(26)30/h2-18H,1H3/q+2. The van der Waals surface area contributed by atoms with Crippen LogP contribution in [0.5, 0.6) is 0 Å². The second-order valence-corrected chi connectivity index (χ2v) is 9.10. The van der Waals surface area contributed by atoms with Gasteiger partial charge in [-0.25, -0.2) is 0 Å².